The Bertz CT molecular complexity index is 1230. The van der Waals surface area contributed by atoms with Gasteiger partial charge in [-0.05, 0) is 31.2 Å². The monoisotopic (exact) mass is 504 g/mol. The van der Waals surface area contributed by atoms with Crippen LogP contribution in [0.2, 0.25) is 5.02 Å². The van der Waals surface area contributed by atoms with Gasteiger partial charge in [0.15, 0.2) is 22.5 Å². The van der Waals surface area contributed by atoms with Crippen LogP contribution in [0.15, 0.2) is 46.7 Å². The van der Waals surface area contributed by atoms with E-state index >= 15 is 0 Å². The molecule has 0 aliphatic carbocycles. The summed E-state index contributed by atoms with van der Waals surface area (Å²) >= 11 is 6.99. The molecule has 0 unspecified atom stereocenters. The third-order valence-electron chi connectivity index (χ3n) is 4.58. The van der Waals surface area contributed by atoms with Crippen LogP contribution in [-0.4, -0.2) is 51.8 Å². The number of thioether (sulfide) groups is 1. The van der Waals surface area contributed by atoms with Crippen molar-refractivity contribution in [2.75, 3.05) is 20.0 Å². The number of methoxy groups -OCH3 is 2. The predicted molar refractivity (Wildman–Crippen MR) is 129 cm³/mol. The quantitative estimate of drug-likeness (QED) is 0.191. The van der Waals surface area contributed by atoms with E-state index in [1.165, 1.54) is 30.1 Å². The maximum Gasteiger partial charge on any atom is 0.288 e. The zero-order valence-corrected chi connectivity index (χ0v) is 20.1. The Balaban J connectivity index is 1.64. The molecule has 0 fully saturated rings. The summed E-state index contributed by atoms with van der Waals surface area (Å²) in [6.45, 7) is 2.54. The Morgan fingerprint density at radius 3 is 2.68 bits per heavy atom. The summed E-state index contributed by atoms with van der Waals surface area (Å²) in [5.74, 6) is 1.48. The second kappa shape index (κ2) is 11.5. The third kappa shape index (κ3) is 5.83. The molecule has 0 atom stereocenters. The topological polar surface area (TPSA) is 134 Å². The van der Waals surface area contributed by atoms with E-state index in [-0.39, 0.29) is 22.4 Å². The largest absolute Gasteiger partial charge is 0.493 e. The number of rotatable bonds is 10. The Kier molecular flexibility index (Phi) is 8.44. The van der Waals surface area contributed by atoms with Gasteiger partial charge < -0.3 is 14.0 Å². The molecule has 0 spiro atoms. The maximum atomic E-state index is 12.2. The fourth-order valence-corrected chi connectivity index (χ4v) is 3.94. The first-order valence-electron chi connectivity index (χ1n) is 9.92. The van der Waals surface area contributed by atoms with Crippen molar-refractivity contribution in [2.45, 2.75) is 18.6 Å². The highest BCUT2D eigenvalue weighted by molar-refractivity contribution is 7.99. The number of nitrogens with zero attached hydrogens (tertiary/aromatic N) is 5. The molecule has 3 rings (SSSR count). The molecule has 1 heterocycles. The van der Waals surface area contributed by atoms with E-state index in [0.717, 1.165) is 5.56 Å². The van der Waals surface area contributed by atoms with Gasteiger partial charge in [-0.15, -0.1) is 10.2 Å². The Morgan fingerprint density at radius 2 is 2.00 bits per heavy atom. The number of hydrogen-bond donors (Lipinski definition) is 1. The van der Waals surface area contributed by atoms with Gasteiger partial charge in [0.05, 0.1) is 31.1 Å². The van der Waals surface area contributed by atoms with Crippen molar-refractivity contribution in [3.8, 4) is 22.9 Å². The number of hydrazone groups is 1. The average Bonchev–Trinajstić information content (AvgIpc) is 3.26. The van der Waals surface area contributed by atoms with Gasteiger partial charge in [0.25, 0.3) is 11.6 Å². The summed E-state index contributed by atoms with van der Waals surface area (Å²) in [4.78, 5) is 22.6. The lowest BCUT2D eigenvalue weighted by molar-refractivity contribution is -0.384. The number of nitro benzene ring substituents is 1. The molecule has 1 N–H and O–H groups in total. The lowest BCUT2D eigenvalue weighted by Gasteiger charge is -2.10. The molecular formula is C21H21ClN6O5S. The van der Waals surface area contributed by atoms with Gasteiger partial charge in [-0.25, -0.2) is 5.43 Å². The predicted octanol–water partition coefficient (Wildman–Crippen LogP) is 3.79. The maximum absolute atomic E-state index is 12.2. The third-order valence-corrected chi connectivity index (χ3v) is 5.86. The lowest BCUT2D eigenvalue weighted by Crippen LogP contribution is -2.20. The molecule has 0 radical (unpaired) electrons. The van der Waals surface area contributed by atoms with E-state index in [4.69, 9.17) is 21.1 Å². The van der Waals surface area contributed by atoms with Crippen molar-refractivity contribution in [3.63, 3.8) is 0 Å². The molecule has 1 amide bonds. The van der Waals surface area contributed by atoms with Crippen LogP contribution in [0.3, 0.4) is 0 Å². The van der Waals surface area contributed by atoms with Crippen LogP contribution in [0.4, 0.5) is 5.69 Å². The normalized spacial score (nSPS) is 10.9. The van der Waals surface area contributed by atoms with Crippen LogP contribution >= 0.6 is 23.4 Å². The number of aromatic nitrogens is 3. The summed E-state index contributed by atoms with van der Waals surface area (Å²) < 4.78 is 12.5. The van der Waals surface area contributed by atoms with Crippen molar-refractivity contribution >= 4 is 41.2 Å². The Morgan fingerprint density at radius 1 is 1.24 bits per heavy atom. The molecule has 11 nitrogen and oxygen atoms in total. The number of halogens is 1. The minimum absolute atomic E-state index is 0.0232. The summed E-state index contributed by atoms with van der Waals surface area (Å²) in [6.07, 6.45) is 1.30. The fraction of sp³-hybridized carbons (Fsp3) is 0.238. The fourth-order valence-electron chi connectivity index (χ4n) is 2.96. The van der Waals surface area contributed by atoms with Crippen molar-refractivity contribution in [1.29, 1.82) is 0 Å². The van der Waals surface area contributed by atoms with E-state index in [2.05, 4.69) is 20.7 Å². The second-order valence-electron chi connectivity index (χ2n) is 6.67. The molecule has 0 bridgehead atoms. The molecule has 0 saturated carbocycles. The van der Waals surface area contributed by atoms with Crippen LogP contribution in [0.1, 0.15) is 12.5 Å². The highest BCUT2D eigenvalue weighted by atomic mass is 35.5. The molecule has 2 aromatic carbocycles. The molecule has 178 valence electrons. The minimum Gasteiger partial charge on any atom is -0.493 e. The number of hydrogen-bond acceptors (Lipinski definition) is 9. The summed E-state index contributed by atoms with van der Waals surface area (Å²) in [7, 11) is 3.12. The second-order valence-corrected chi connectivity index (χ2v) is 8.02. The van der Waals surface area contributed by atoms with Crippen LogP contribution in [0.5, 0.6) is 11.5 Å². The average molecular weight is 505 g/mol. The van der Waals surface area contributed by atoms with Crippen LogP contribution in [0.25, 0.3) is 11.4 Å². The standard InChI is InChI=1S/C21H21ClN6O5S/c1-4-27-20(14-6-8-17(32-2)18(10-14)33-3)25-26-21(27)34-12-19(29)24-23-11-13-5-7-15(22)16(9-13)28(30)31/h5-11H,4,12H2,1-3H3,(H,24,29)/b23-11+. The number of benzene rings is 2. The zero-order chi connectivity index (χ0) is 24.7. The SMILES string of the molecule is CCn1c(SCC(=O)N/N=C/c2ccc(Cl)c([N+](=O)[O-])c2)nnc1-c1ccc(OC)c(OC)c1. The molecule has 0 aliphatic heterocycles. The van der Waals surface area contributed by atoms with Gasteiger partial charge >= 0.3 is 0 Å². The number of nitro groups is 1. The molecule has 1 aromatic heterocycles. The van der Waals surface area contributed by atoms with E-state index in [1.807, 2.05) is 23.6 Å². The zero-order valence-electron chi connectivity index (χ0n) is 18.5. The van der Waals surface area contributed by atoms with Gasteiger partial charge in [0.1, 0.15) is 5.02 Å². The number of nitrogens with one attached hydrogen (secondary N) is 1. The number of carbonyl (C=O) groups excluding carboxylic acids is 1. The van der Waals surface area contributed by atoms with Gasteiger partial charge in [-0.3, -0.25) is 14.9 Å². The molecule has 13 heteroatoms. The first-order chi connectivity index (χ1) is 16.4. The van der Waals surface area contributed by atoms with Crippen molar-refractivity contribution in [1.82, 2.24) is 20.2 Å². The number of carbonyl (C=O) groups is 1. The minimum atomic E-state index is -0.588. The van der Waals surface area contributed by atoms with Crippen LogP contribution < -0.4 is 14.9 Å². The number of amides is 1. The van der Waals surface area contributed by atoms with E-state index in [0.29, 0.717) is 34.6 Å². The highest BCUT2D eigenvalue weighted by Gasteiger charge is 2.16. The van der Waals surface area contributed by atoms with Gasteiger partial charge in [-0.1, -0.05) is 29.4 Å². The van der Waals surface area contributed by atoms with E-state index in [1.54, 1.807) is 26.4 Å². The van der Waals surface area contributed by atoms with Crippen molar-refractivity contribution in [3.05, 3.63) is 57.1 Å². The first-order valence-corrected chi connectivity index (χ1v) is 11.3. The van der Waals surface area contributed by atoms with Crippen LogP contribution in [-0.2, 0) is 11.3 Å². The highest BCUT2D eigenvalue weighted by Crippen LogP contribution is 2.32. The summed E-state index contributed by atoms with van der Waals surface area (Å²) in [6, 6.07) is 9.68. The van der Waals surface area contributed by atoms with E-state index in [9.17, 15) is 14.9 Å². The van der Waals surface area contributed by atoms with Gasteiger partial charge in [0.2, 0.25) is 0 Å². The molecule has 34 heavy (non-hydrogen) atoms. The molecule has 0 aliphatic rings. The van der Waals surface area contributed by atoms with Crippen LogP contribution in [0, 0.1) is 10.1 Å². The van der Waals surface area contributed by atoms with Crippen molar-refractivity contribution < 1.29 is 19.2 Å². The van der Waals surface area contributed by atoms with Crippen molar-refractivity contribution in [2.24, 2.45) is 5.10 Å². The Labute approximate surface area is 204 Å². The van der Waals surface area contributed by atoms with Gasteiger partial charge in [-0.2, -0.15) is 5.10 Å². The lowest BCUT2D eigenvalue weighted by atomic mass is 10.2. The molecular weight excluding hydrogens is 484 g/mol. The first kappa shape index (κ1) is 25.0. The summed E-state index contributed by atoms with van der Waals surface area (Å²) in [5, 5.41) is 23.9. The molecule has 0 saturated heterocycles. The Hall–Kier alpha value is -3.64. The summed E-state index contributed by atoms with van der Waals surface area (Å²) in [5.41, 5.74) is 3.37. The molecule has 3 aromatic rings. The smallest absolute Gasteiger partial charge is 0.288 e. The number of ether oxygens (including phenoxy) is 2. The van der Waals surface area contributed by atoms with Gasteiger partial charge in [0, 0.05) is 23.7 Å². The van der Waals surface area contributed by atoms with E-state index < -0.39 is 4.92 Å².